The number of fused-ring (bicyclic) bond motifs is 7. The number of aromatic nitrogens is 1. The quantitative estimate of drug-likeness (QED) is 0.196. The minimum Gasteiger partial charge on any atom is -0.344 e. The van der Waals surface area contributed by atoms with Crippen LogP contribution in [-0.4, -0.2) is 16.2 Å². The first-order valence-corrected chi connectivity index (χ1v) is 17.7. The first-order valence-electron chi connectivity index (χ1n) is 16.9. The van der Waals surface area contributed by atoms with Gasteiger partial charge >= 0.3 is 0 Å². The molecule has 0 saturated carbocycles. The van der Waals surface area contributed by atoms with Crippen LogP contribution in [0.25, 0.3) is 58.8 Å². The lowest BCUT2D eigenvalue weighted by atomic mass is 10.0. The molecule has 0 radical (unpaired) electrons. The minimum atomic E-state index is -0.309. The van der Waals surface area contributed by atoms with Gasteiger partial charge in [-0.05, 0) is 47.0 Å². The van der Waals surface area contributed by atoms with E-state index >= 15 is 0 Å². The van der Waals surface area contributed by atoms with E-state index < -0.39 is 0 Å². The highest BCUT2D eigenvalue weighted by atomic mass is 32.1. The number of hydrogen-bond donors (Lipinski definition) is 1. The molecule has 0 aliphatic carbocycles. The zero-order valence-corrected chi connectivity index (χ0v) is 27.8. The number of para-hydroxylation sites is 1. The number of aliphatic imine (C=N–C) groups is 2. The van der Waals surface area contributed by atoms with Crippen molar-refractivity contribution >= 4 is 65.0 Å². The Morgan fingerprint density at radius 2 is 1.20 bits per heavy atom. The lowest BCUT2D eigenvalue weighted by Crippen LogP contribution is -2.33. The van der Waals surface area contributed by atoms with Crippen LogP contribution in [0.4, 0.5) is 0 Å². The van der Waals surface area contributed by atoms with E-state index in [1.165, 1.54) is 47.5 Å². The van der Waals surface area contributed by atoms with Crippen LogP contribution in [0.1, 0.15) is 22.9 Å². The van der Waals surface area contributed by atoms with Gasteiger partial charge in [-0.25, -0.2) is 9.98 Å². The van der Waals surface area contributed by atoms with Gasteiger partial charge in [0.15, 0.2) is 5.84 Å². The van der Waals surface area contributed by atoms with Crippen LogP contribution in [-0.2, 0) is 0 Å². The molecule has 1 unspecified atom stereocenters. The van der Waals surface area contributed by atoms with Crippen LogP contribution in [0.3, 0.4) is 0 Å². The van der Waals surface area contributed by atoms with Crippen LogP contribution in [0.5, 0.6) is 0 Å². The number of hydrogen-bond acceptors (Lipinski definition) is 4. The van der Waals surface area contributed by atoms with Gasteiger partial charge in [-0.3, -0.25) is 0 Å². The van der Waals surface area contributed by atoms with Crippen molar-refractivity contribution in [2.75, 3.05) is 0 Å². The van der Waals surface area contributed by atoms with Crippen molar-refractivity contribution in [2.24, 2.45) is 9.98 Å². The molecule has 0 saturated heterocycles. The molecule has 1 atom stereocenters. The predicted molar refractivity (Wildman–Crippen MR) is 211 cm³/mol. The van der Waals surface area contributed by atoms with E-state index in [-0.39, 0.29) is 6.17 Å². The summed E-state index contributed by atoms with van der Waals surface area (Å²) in [6, 6.07) is 60.2. The summed E-state index contributed by atoms with van der Waals surface area (Å²) in [6.45, 7) is 0. The van der Waals surface area contributed by atoms with Crippen LogP contribution < -0.4 is 5.32 Å². The molecular formula is C45H30N4S. The third-order valence-electron chi connectivity index (χ3n) is 9.64. The Labute approximate surface area is 293 Å². The van der Waals surface area contributed by atoms with Crippen molar-refractivity contribution < 1.29 is 0 Å². The first-order chi connectivity index (χ1) is 24.8. The molecule has 0 spiro atoms. The number of thiophene rings is 1. The Balaban J connectivity index is 1.16. The van der Waals surface area contributed by atoms with Crippen molar-refractivity contribution in [3.63, 3.8) is 0 Å². The van der Waals surface area contributed by atoms with Gasteiger partial charge in [-0.1, -0.05) is 140 Å². The lowest BCUT2D eigenvalue weighted by molar-refractivity contribution is 0.674. The van der Waals surface area contributed by atoms with Gasteiger partial charge in [-0.15, -0.1) is 11.3 Å². The van der Waals surface area contributed by atoms with Crippen LogP contribution in [0.15, 0.2) is 180 Å². The average Bonchev–Trinajstić information content (AvgIpc) is 3.75. The lowest BCUT2D eigenvalue weighted by Gasteiger charge is -2.24. The van der Waals surface area contributed by atoms with E-state index in [9.17, 15) is 0 Å². The summed E-state index contributed by atoms with van der Waals surface area (Å²) in [5.41, 5.74) is 8.91. The molecule has 7 aromatic carbocycles. The highest BCUT2D eigenvalue weighted by Gasteiger charge is 2.23. The summed E-state index contributed by atoms with van der Waals surface area (Å²) in [7, 11) is 0. The fourth-order valence-electron chi connectivity index (χ4n) is 7.29. The molecule has 0 bridgehead atoms. The van der Waals surface area contributed by atoms with E-state index in [1.54, 1.807) is 0 Å². The molecule has 4 nitrogen and oxygen atoms in total. The van der Waals surface area contributed by atoms with E-state index in [0.717, 1.165) is 33.8 Å². The number of nitrogens with zero attached hydrogens (tertiary/aromatic N) is 3. The Morgan fingerprint density at radius 1 is 0.520 bits per heavy atom. The fourth-order valence-corrected chi connectivity index (χ4v) is 8.53. The first kappa shape index (κ1) is 28.7. The van der Waals surface area contributed by atoms with Gasteiger partial charge in [0.2, 0.25) is 0 Å². The Kier molecular flexibility index (Phi) is 6.71. The van der Waals surface area contributed by atoms with Crippen LogP contribution in [0.2, 0.25) is 0 Å². The highest BCUT2D eigenvalue weighted by Crippen LogP contribution is 2.43. The standard InChI is InChI=1S/C45H30N4S/c1-3-13-29(14-4-1)31-17-11-18-32(27-31)44-46-43(30-15-5-2-6-16-30)47-45(48-44)33-19-12-20-34(28-33)49-39-23-9-7-21-35(39)37-25-26-38-36-22-8-10-24-40(36)50-42(38)41(37)49/h1-28,44H,(H,46,47,48). The van der Waals surface area contributed by atoms with Crippen molar-refractivity contribution in [3.05, 3.63) is 187 Å². The van der Waals surface area contributed by atoms with Gasteiger partial charge in [0, 0.05) is 43.1 Å². The van der Waals surface area contributed by atoms with Gasteiger partial charge in [-0.2, -0.15) is 0 Å². The Morgan fingerprint density at radius 3 is 2.06 bits per heavy atom. The monoisotopic (exact) mass is 658 g/mol. The van der Waals surface area contributed by atoms with Gasteiger partial charge in [0.1, 0.15) is 12.0 Å². The van der Waals surface area contributed by atoms with E-state index in [2.05, 4.69) is 155 Å². The van der Waals surface area contributed by atoms with Crippen molar-refractivity contribution in [1.29, 1.82) is 0 Å². The molecule has 5 heteroatoms. The van der Waals surface area contributed by atoms with Crippen molar-refractivity contribution in [2.45, 2.75) is 6.17 Å². The summed E-state index contributed by atoms with van der Waals surface area (Å²) >= 11 is 1.87. The van der Waals surface area contributed by atoms with Gasteiger partial charge < -0.3 is 9.88 Å². The molecule has 3 heterocycles. The maximum Gasteiger partial charge on any atom is 0.159 e. The molecule has 9 aromatic rings. The molecule has 1 aliphatic heterocycles. The molecule has 50 heavy (non-hydrogen) atoms. The fraction of sp³-hybridized carbons (Fsp3) is 0.0222. The second-order valence-electron chi connectivity index (χ2n) is 12.7. The summed E-state index contributed by atoms with van der Waals surface area (Å²) < 4.78 is 5.03. The summed E-state index contributed by atoms with van der Waals surface area (Å²) in [5.74, 6) is 1.51. The molecule has 236 valence electrons. The molecule has 2 aromatic heterocycles. The largest absolute Gasteiger partial charge is 0.344 e. The van der Waals surface area contributed by atoms with E-state index in [1.807, 2.05) is 35.6 Å². The number of amidine groups is 2. The predicted octanol–water partition coefficient (Wildman–Crippen LogP) is 11.3. The second kappa shape index (κ2) is 11.7. The maximum atomic E-state index is 5.27. The van der Waals surface area contributed by atoms with E-state index in [4.69, 9.17) is 9.98 Å². The number of benzene rings is 7. The molecule has 1 aliphatic rings. The zero-order chi connectivity index (χ0) is 33.0. The van der Waals surface area contributed by atoms with Crippen LogP contribution >= 0.6 is 11.3 Å². The third-order valence-corrected chi connectivity index (χ3v) is 10.8. The van der Waals surface area contributed by atoms with Crippen LogP contribution in [0, 0.1) is 0 Å². The number of nitrogens with one attached hydrogen (secondary N) is 1. The smallest absolute Gasteiger partial charge is 0.159 e. The van der Waals surface area contributed by atoms with Crippen molar-refractivity contribution in [1.82, 2.24) is 9.88 Å². The van der Waals surface area contributed by atoms with Gasteiger partial charge in [0.25, 0.3) is 0 Å². The zero-order valence-electron chi connectivity index (χ0n) is 27.0. The molecule has 1 N–H and O–H groups in total. The SMILES string of the molecule is c1ccc(C2=NC(c3cccc(-n4c5ccccc5c5ccc6c7ccccc7sc6c54)c3)=NC(c3cccc(-c4ccccc4)c3)N2)cc1. The maximum absolute atomic E-state index is 5.27. The number of rotatable bonds is 5. The summed E-state index contributed by atoms with van der Waals surface area (Å²) in [4.78, 5) is 10.4. The molecular weight excluding hydrogens is 629 g/mol. The highest BCUT2D eigenvalue weighted by molar-refractivity contribution is 7.26. The minimum absolute atomic E-state index is 0.309. The van der Waals surface area contributed by atoms with E-state index in [0.29, 0.717) is 5.84 Å². The normalized spacial score (nSPS) is 14.6. The molecule has 10 rings (SSSR count). The van der Waals surface area contributed by atoms with Gasteiger partial charge in [0.05, 0.1) is 15.7 Å². The summed E-state index contributed by atoms with van der Waals surface area (Å²) in [5, 5.41) is 8.74. The Hall–Kier alpha value is -6.30. The summed E-state index contributed by atoms with van der Waals surface area (Å²) in [6.07, 6.45) is -0.309. The van der Waals surface area contributed by atoms with Crippen molar-refractivity contribution in [3.8, 4) is 16.8 Å². The third kappa shape index (κ3) is 4.74. The average molecular weight is 659 g/mol. The second-order valence-corrected chi connectivity index (χ2v) is 13.7. The molecule has 0 amide bonds. The molecule has 0 fully saturated rings. The topological polar surface area (TPSA) is 41.7 Å². The Bertz CT molecular complexity index is 2790.